The van der Waals surface area contributed by atoms with Gasteiger partial charge in [-0.25, -0.2) is 9.18 Å². The molecule has 1 fully saturated rings. The molecule has 152 valence electrons. The Labute approximate surface area is 175 Å². The van der Waals surface area contributed by atoms with E-state index in [1.807, 2.05) is 6.92 Å². The molecule has 2 atom stereocenters. The molecular weight excluding hydrogens is 393 g/mol. The number of nitrogens with zero attached hydrogens (tertiary/aromatic N) is 1. The Bertz CT molecular complexity index is 895. The van der Waals surface area contributed by atoms with Crippen LogP contribution >= 0.6 is 11.6 Å². The van der Waals surface area contributed by atoms with Gasteiger partial charge in [-0.1, -0.05) is 29.7 Å². The zero-order valence-corrected chi connectivity index (χ0v) is 16.9. The second-order valence-electron chi connectivity index (χ2n) is 6.89. The lowest BCUT2D eigenvalue weighted by atomic mass is 10.0. The first kappa shape index (κ1) is 21.1. The highest BCUT2D eigenvalue weighted by molar-refractivity contribution is 6.31. The third-order valence-electron chi connectivity index (χ3n) is 4.79. The van der Waals surface area contributed by atoms with Crippen molar-refractivity contribution in [2.24, 2.45) is 0 Å². The normalized spacial score (nSPS) is 17.9. The Kier molecular flexibility index (Phi) is 7.10. The minimum atomic E-state index is -0.419. The number of urea groups is 1. The molecule has 2 amide bonds. The van der Waals surface area contributed by atoms with Crippen molar-refractivity contribution in [3.63, 3.8) is 0 Å². The third kappa shape index (κ3) is 5.48. The Morgan fingerprint density at radius 3 is 2.93 bits per heavy atom. The molecular formula is C22H23ClFN3O2. The molecule has 3 rings (SSSR count). The van der Waals surface area contributed by atoms with Crippen molar-refractivity contribution in [1.82, 2.24) is 10.2 Å². The fourth-order valence-electron chi connectivity index (χ4n) is 3.42. The van der Waals surface area contributed by atoms with Gasteiger partial charge in [-0.2, -0.15) is 0 Å². The molecule has 2 aromatic carbocycles. The number of hydrogen-bond acceptors (Lipinski definition) is 3. The molecule has 0 bridgehead atoms. The number of benzene rings is 2. The summed E-state index contributed by atoms with van der Waals surface area (Å²) in [6.45, 7) is 3.92. The van der Waals surface area contributed by atoms with Crippen molar-refractivity contribution < 1.29 is 13.9 Å². The Morgan fingerprint density at radius 2 is 2.21 bits per heavy atom. The first-order valence-electron chi connectivity index (χ1n) is 9.39. The number of carbonyl (C=O) groups excluding carboxylic acids is 1. The number of carbonyl (C=O) groups is 1. The maximum atomic E-state index is 14.6. The van der Waals surface area contributed by atoms with Crippen LogP contribution in [0.15, 0.2) is 42.5 Å². The van der Waals surface area contributed by atoms with Crippen LogP contribution in [0, 0.1) is 18.2 Å². The van der Waals surface area contributed by atoms with Crippen molar-refractivity contribution in [3.05, 3.63) is 64.4 Å². The van der Waals surface area contributed by atoms with Gasteiger partial charge in [-0.05, 0) is 37.3 Å². The van der Waals surface area contributed by atoms with E-state index in [-0.39, 0.29) is 12.6 Å². The van der Waals surface area contributed by atoms with Crippen LogP contribution in [-0.4, -0.2) is 43.3 Å². The average molecular weight is 416 g/mol. The summed E-state index contributed by atoms with van der Waals surface area (Å²) in [5, 5.41) is 5.90. The highest BCUT2D eigenvalue weighted by atomic mass is 35.5. The van der Waals surface area contributed by atoms with Gasteiger partial charge in [-0.3, -0.25) is 4.90 Å². The van der Waals surface area contributed by atoms with E-state index in [0.717, 1.165) is 0 Å². The fourth-order valence-corrected chi connectivity index (χ4v) is 3.71. The molecule has 29 heavy (non-hydrogen) atoms. The van der Waals surface area contributed by atoms with Gasteiger partial charge >= 0.3 is 6.03 Å². The van der Waals surface area contributed by atoms with Crippen molar-refractivity contribution in [2.45, 2.75) is 19.1 Å². The summed E-state index contributed by atoms with van der Waals surface area (Å²) in [5.74, 6) is 2.13. The molecule has 0 aromatic heterocycles. The standard InChI is InChI=1S/C22H23ClFN3O2/c1-3-16-6-4-7-17(12-16)26-22(28)25-13-20(27-10-11-29-15(2)14-27)21-18(23)8-5-9-19(21)24/h1,4-9,12,15,20H,10-11,13-14H2,2H3,(H2,25,26,28)/t15-,20+/m0/s1. The van der Waals surface area contributed by atoms with Crippen LogP contribution in [0.4, 0.5) is 14.9 Å². The van der Waals surface area contributed by atoms with Crippen molar-refractivity contribution in [1.29, 1.82) is 0 Å². The van der Waals surface area contributed by atoms with E-state index < -0.39 is 17.9 Å². The smallest absolute Gasteiger partial charge is 0.319 e. The molecule has 1 aliphatic heterocycles. The first-order valence-corrected chi connectivity index (χ1v) is 9.77. The quantitative estimate of drug-likeness (QED) is 0.724. The van der Waals surface area contributed by atoms with Gasteiger partial charge in [0.2, 0.25) is 0 Å². The van der Waals surface area contributed by atoms with E-state index in [2.05, 4.69) is 21.5 Å². The number of ether oxygens (including phenoxy) is 1. The maximum absolute atomic E-state index is 14.6. The predicted octanol–water partition coefficient (Wildman–Crippen LogP) is 4.04. The molecule has 1 heterocycles. The van der Waals surface area contributed by atoms with Crippen molar-refractivity contribution in [2.75, 3.05) is 31.6 Å². The number of nitrogens with one attached hydrogen (secondary N) is 2. The van der Waals surface area contributed by atoms with Crippen molar-refractivity contribution >= 4 is 23.3 Å². The number of hydrogen-bond donors (Lipinski definition) is 2. The molecule has 0 aliphatic carbocycles. The van der Waals surface area contributed by atoms with Crippen LogP contribution in [-0.2, 0) is 4.74 Å². The lowest BCUT2D eigenvalue weighted by Crippen LogP contribution is -2.47. The monoisotopic (exact) mass is 415 g/mol. The second-order valence-corrected chi connectivity index (χ2v) is 7.29. The fraction of sp³-hybridized carbons (Fsp3) is 0.318. The van der Waals surface area contributed by atoms with E-state index in [1.54, 1.807) is 36.4 Å². The first-order chi connectivity index (χ1) is 14.0. The molecule has 2 aromatic rings. The third-order valence-corrected chi connectivity index (χ3v) is 5.12. The Hall–Kier alpha value is -2.59. The second kappa shape index (κ2) is 9.75. The molecule has 0 unspecified atom stereocenters. The van der Waals surface area contributed by atoms with Crippen LogP contribution in [0.25, 0.3) is 0 Å². The van der Waals surface area contributed by atoms with E-state index in [1.165, 1.54) is 6.07 Å². The number of morpholine rings is 1. The molecule has 0 saturated carbocycles. The number of amides is 2. The molecule has 2 N–H and O–H groups in total. The Morgan fingerprint density at radius 1 is 1.41 bits per heavy atom. The average Bonchev–Trinajstić information content (AvgIpc) is 2.70. The highest BCUT2D eigenvalue weighted by Gasteiger charge is 2.29. The van der Waals surface area contributed by atoms with Gasteiger partial charge in [0.1, 0.15) is 5.82 Å². The molecule has 7 heteroatoms. The van der Waals surface area contributed by atoms with Gasteiger partial charge in [0.25, 0.3) is 0 Å². The van der Waals surface area contributed by atoms with Crippen LogP contribution in [0.3, 0.4) is 0 Å². The number of rotatable bonds is 5. The van der Waals surface area contributed by atoms with Gasteiger partial charge in [0, 0.05) is 41.5 Å². The SMILES string of the molecule is C#Cc1cccc(NC(=O)NC[C@H](c2c(F)cccc2Cl)N2CCO[C@@H](C)C2)c1. The highest BCUT2D eigenvalue weighted by Crippen LogP contribution is 2.31. The zero-order chi connectivity index (χ0) is 20.8. The van der Waals surface area contributed by atoms with Gasteiger partial charge < -0.3 is 15.4 Å². The minimum absolute atomic E-state index is 0.0112. The summed E-state index contributed by atoms with van der Waals surface area (Å²) in [6.07, 6.45) is 5.40. The van der Waals surface area contributed by atoms with Crippen LogP contribution in [0.1, 0.15) is 24.1 Å². The lowest BCUT2D eigenvalue weighted by molar-refractivity contribution is -0.0344. The summed E-state index contributed by atoms with van der Waals surface area (Å²) in [6, 6.07) is 10.8. The number of anilines is 1. The van der Waals surface area contributed by atoms with Crippen LogP contribution < -0.4 is 10.6 Å². The largest absolute Gasteiger partial charge is 0.376 e. The van der Waals surface area contributed by atoms with Crippen LogP contribution in [0.2, 0.25) is 5.02 Å². The number of halogens is 2. The Balaban J connectivity index is 1.74. The molecule has 1 aliphatic rings. The van der Waals surface area contributed by atoms with Gasteiger partial charge in [0.15, 0.2) is 0 Å². The van der Waals surface area contributed by atoms with Gasteiger partial charge in [0.05, 0.1) is 18.8 Å². The lowest BCUT2D eigenvalue weighted by Gasteiger charge is -2.38. The zero-order valence-electron chi connectivity index (χ0n) is 16.1. The minimum Gasteiger partial charge on any atom is -0.376 e. The number of terminal acetylenes is 1. The maximum Gasteiger partial charge on any atom is 0.319 e. The molecule has 1 saturated heterocycles. The van der Waals surface area contributed by atoms with E-state index in [4.69, 9.17) is 22.8 Å². The van der Waals surface area contributed by atoms with E-state index in [9.17, 15) is 9.18 Å². The van der Waals surface area contributed by atoms with E-state index in [0.29, 0.717) is 41.5 Å². The topological polar surface area (TPSA) is 53.6 Å². The summed E-state index contributed by atoms with van der Waals surface area (Å²) in [5.41, 5.74) is 1.62. The predicted molar refractivity (Wildman–Crippen MR) is 113 cm³/mol. The summed E-state index contributed by atoms with van der Waals surface area (Å²) in [4.78, 5) is 14.5. The van der Waals surface area contributed by atoms with Crippen molar-refractivity contribution in [3.8, 4) is 12.3 Å². The summed E-state index contributed by atoms with van der Waals surface area (Å²) in [7, 11) is 0. The summed E-state index contributed by atoms with van der Waals surface area (Å²) < 4.78 is 20.2. The molecule has 0 radical (unpaired) electrons. The molecule has 5 nitrogen and oxygen atoms in total. The van der Waals surface area contributed by atoms with Gasteiger partial charge in [-0.15, -0.1) is 6.42 Å². The van der Waals surface area contributed by atoms with Crippen LogP contribution in [0.5, 0.6) is 0 Å². The summed E-state index contributed by atoms with van der Waals surface area (Å²) >= 11 is 6.31. The van der Waals surface area contributed by atoms with E-state index >= 15 is 0 Å². The molecule has 0 spiro atoms.